The lowest BCUT2D eigenvalue weighted by molar-refractivity contribution is 0.434. The molecule has 0 atom stereocenters. The minimum atomic E-state index is -4.54. The maximum atomic E-state index is 11.2. The normalized spacial score (nSPS) is 11.3. The first-order valence-electron chi connectivity index (χ1n) is 5.84. The number of ether oxygens (including phenoxy) is 1. The summed E-state index contributed by atoms with van der Waals surface area (Å²) in [6.45, 7) is 0. The van der Waals surface area contributed by atoms with Gasteiger partial charge in [0.15, 0.2) is 0 Å². The second kappa shape index (κ2) is 7.50. The zero-order valence-corrected chi connectivity index (χ0v) is 13.2. The van der Waals surface area contributed by atoms with Crippen LogP contribution in [0.3, 0.4) is 0 Å². The lowest BCUT2D eigenvalue weighted by Crippen LogP contribution is -2.04. The van der Waals surface area contributed by atoms with Crippen LogP contribution in [0, 0.1) is 0 Å². The van der Waals surface area contributed by atoms with Gasteiger partial charge in [-0.05, 0) is 24.3 Å². The van der Waals surface area contributed by atoms with E-state index in [1.807, 2.05) is 0 Å². The molecule has 0 radical (unpaired) electrons. The van der Waals surface area contributed by atoms with Gasteiger partial charge in [0.2, 0.25) is 0 Å². The maximum absolute atomic E-state index is 11.2. The molecule has 23 heavy (non-hydrogen) atoms. The number of para-hydroxylation sites is 2. The number of hydrogen-bond donors (Lipinski definition) is 4. The quantitative estimate of drug-likeness (QED) is 0.349. The van der Waals surface area contributed by atoms with Crippen molar-refractivity contribution in [1.82, 2.24) is 0 Å². The first kappa shape index (κ1) is 19.0. The third-order valence-electron chi connectivity index (χ3n) is 2.47. The number of nitrogens with two attached hydrogens (primary N) is 2. The molecule has 0 saturated carbocycles. The van der Waals surface area contributed by atoms with E-state index in [-0.39, 0.29) is 11.5 Å². The van der Waals surface area contributed by atoms with Gasteiger partial charge in [-0.3, -0.25) is 20.8 Å². The van der Waals surface area contributed by atoms with E-state index in [1.54, 1.807) is 0 Å². The fraction of sp³-hybridized carbons (Fsp3) is 0. The summed E-state index contributed by atoms with van der Waals surface area (Å²) in [4.78, 5) is -1.04. The first-order chi connectivity index (χ1) is 10.7. The van der Waals surface area contributed by atoms with E-state index >= 15 is 0 Å². The van der Waals surface area contributed by atoms with E-state index in [9.17, 15) is 16.8 Å². The van der Waals surface area contributed by atoms with Crippen molar-refractivity contribution < 1.29 is 30.7 Å². The number of benzene rings is 2. The molecule has 0 aromatic heterocycles. The molecule has 0 aliphatic rings. The highest BCUT2D eigenvalue weighted by molar-refractivity contribution is 7.86. The van der Waals surface area contributed by atoms with Crippen LogP contribution in [0.1, 0.15) is 0 Å². The monoisotopic (exact) mass is 362 g/mol. The zero-order chi connectivity index (χ0) is 17.7. The van der Waals surface area contributed by atoms with Gasteiger partial charge in [-0.1, -0.05) is 24.3 Å². The third-order valence-corrected chi connectivity index (χ3v) is 4.26. The average Bonchev–Trinajstić information content (AvgIpc) is 2.48. The number of hydrogen-bond acceptors (Lipinski definition) is 7. The Kier molecular flexibility index (Phi) is 6.20. The largest absolute Gasteiger partial charge is 0.454 e. The van der Waals surface area contributed by atoms with Crippen LogP contribution < -0.4 is 16.4 Å². The van der Waals surface area contributed by atoms with Crippen LogP contribution in [0.25, 0.3) is 0 Å². The molecule has 11 heteroatoms. The molecular weight excluding hydrogens is 348 g/mol. The Bertz CT molecular complexity index is 806. The molecule has 0 aliphatic heterocycles. The maximum Gasteiger partial charge on any atom is 0.298 e. The standard InChI is InChI=1S/C12H10O7S2.H4N2/c13-20(14,15)11-7-3-1-5-9(11)19-10-6-2-4-8-12(10)21(16,17)18;1-2/h1-8H,(H,13,14,15)(H,16,17,18);1-2H2. The topological polar surface area (TPSA) is 170 Å². The molecule has 0 amide bonds. The Balaban J connectivity index is 0.00000127. The van der Waals surface area contributed by atoms with Gasteiger partial charge in [0.1, 0.15) is 21.3 Å². The Morgan fingerprint density at radius 3 is 1.30 bits per heavy atom. The van der Waals surface area contributed by atoms with Crippen molar-refractivity contribution in [3.63, 3.8) is 0 Å². The molecule has 6 N–H and O–H groups in total. The molecule has 2 rings (SSSR count). The molecular formula is C12H14N2O7S2. The molecule has 0 heterocycles. The summed E-state index contributed by atoms with van der Waals surface area (Å²) in [5.41, 5.74) is 0. The Morgan fingerprint density at radius 2 is 1.00 bits per heavy atom. The fourth-order valence-electron chi connectivity index (χ4n) is 1.61. The summed E-state index contributed by atoms with van der Waals surface area (Å²) in [5.74, 6) is 7.47. The molecule has 2 aromatic rings. The minimum Gasteiger partial charge on any atom is -0.454 e. The molecule has 9 nitrogen and oxygen atoms in total. The summed E-state index contributed by atoms with van der Waals surface area (Å²) >= 11 is 0. The molecule has 0 spiro atoms. The van der Waals surface area contributed by atoms with E-state index in [0.29, 0.717) is 0 Å². The molecule has 0 aliphatic carbocycles. The summed E-state index contributed by atoms with van der Waals surface area (Å²) < 4.78 is 68.4. The highest BCUT2D eigenvalue weighted by Crippen LogP contribution is 2.32. The van der Waals surface area contributed by atoms with Crippen molar-refractivity contribution >= 4 is 20.2 Å². The highest BCUT2D eigenvalue weighted by Gasteiger charge is 2.20. The van der Waals surface area contributed by atoms with Crippen LogP contribution in [-0.2, 0) is 20.2 Å². The third kappa shape index (κ3) is 4.99. The predicted molar refractivity (Wildman–Crippen MR) is 81.0 cm³/mol. The van der Waals surface area contributed by atoms with Crippen LogP contribution in [0.15, 0.2) is 58.3 Å². The molecule has 0 bridgehead atoms. The van der Waals surface area contributed by atoms with E-state index < -0.39 is 30.0 Å². The lowest BCUT2D eigenvalue weighted by Gasteiger charge is -2.11. The Hall–Kier alpha value is -2.02. The summed E-state index contributed by atoms with van der Waals surface area (Å²) in [5, 5.41) is 0. The van der Waals surface area contributed by atoms with Crippen molar-refractivity contribution in [1.29, 1.82) is 0 Å². The van der Waals surface area contributed by atoms with Crippen LogP contribution in [-0.4, -0.2) is 25.9 Å². The average molecular weight is 362 g/mol. The van der Waals surface area contributed by atoms with Crippen molar-refractivity contribution in [3.8, 4) is 11.5 Å². The van der Waals surface area contributed by atoms with Crippen LogP contribution >= 0.6 is 0 Å². The summed E-state index contributed by atoms with van der Waals surface area (Å²) in [6.07, 6.45) is 0. The molecule has 2 aromatic carbocycles. The minimum absolute atomic E-state index is 0.267. The van der Waals surface area contributed by atoms with Crippen LogP contribution in [0.5, 0.6) is 11.5 Å². The van der Waals surface area contributed by atoms with E-state index in [4.69, 9.17) is 13.8 Å². The van der Waals surface area contributed by atoms with Gasteiger partial charge in [0.25, 0.3) is 20.2 Å². The van der Waals surface area contributed by atoms with Crippen molar-refractivity contribution in [2.24, 2.45) is 11.7 Å². The van der Waals surface area contributed by atoms with Crippen molar-refractivity contribution in [3.05, 3.63) is 48.5 Å². The fourth-order valence-corrected chi connectivity index (χ4v) is 2.84. The van der Waals surface area contributed by atoms with Gasteiger partial charge in [0, 0.05) is 0 Å². The Morgan fingerprint density at radius 1 is 0.696 bits per heavy atom. The number of hydrazine groups is 1. The van der Waals surface area contributed by atoms with Gasteiger partial charge < -0.3 is 4.74 Å². The SMILES string of the molecule is NN.O=S(=O)(O)c1ccccc1Oc1ccccc1S(=O)(=O)O. The molecule has 0 unspecified atom stereocenters. The Labute approximate surface area is 133 Å². The highest BCUT2D eigenvalue weighted by atomic mass is 32.2. The van der Waals surface area contributed by atoms with Gasteiger partial charge in [-0.25, -0.2) is 0 Å². The van der Waals surface area contributed by atoms with Crippen molar-refractivity contribution in [2.45, 2.75) is 9.79 Å². The van der Waals surface area contributed by atoms with Crippen molar-refractivity contribution in [2.75, 3.05) is 0 Å². The first-order valence-corrected chi connectivity index (χ1v) is 8.72. The predicted octanol–water partition coefficient (Wildman–Crippen LogP) is 0.791. The summed E-state index contributed by atoms with van der Waals surface area (Å²) in [7, 11) is -9.08. The second-order valence-corrected chi connectivity index (χ2v) is 6.73. The van der Waals surface area contributed by atoms with E-state index in [1.165, 1.54) is 36.4 Å². The second-order valence-electron chi connectivity index (χ2n) is 3.95. The molecule has 0 saturated heterocycles. The van der Waals surface area contributed by atoms with Crippen LogP contribution in [0.4, 0.5) is 0 Å². The number of rotatable bonds is 4. The van der Waals surface area contributed by atoms with E-state index in [0.717, 1.165) is 12.1 Å². The lowest BCUT2D eigenvalue weighted by atomic mass is 10.3. The van der Waals surface area contributed by atoms with Gasteiger partial charge in [-0.2, -0.15) is 16.8 Å². The summed E-state index contributed by atoms with van der Waals surface area (Å²) in [6, 6.07) is 10.3. The van der Waals surface area contributed by atoms with Crippen LogP contribution in [0.2, 0.25) is 0 Å². The van der Waals surface area contributed by atoms with Gasteiger partial charge in [0.05, 0.1) is 0 Å². The van der Waals surface area contributed by atoms with E-state index in [2.05, 4.69) is 11.7 Å². The molecule has 0 fully saturated rings. The smallest absolute Gasteiger partial charge is 0.298 e. The van der Waals surface area contributed by atoms with Gasteiger partial charge in [-0.15, -0.1) is 0 Å². The van der Waals surface area contributed by atoms with Gasteiger partial charge >= 0.3 is 0 Å². The zero-order valence-electron chi connectivity index (χ0n) is 11.5. The molecule has 126 valence electrons.